The summed E-state index contributed by atoms with van der Waals surface area (Å²) >= 11 is 0. The van der Waals surface area contributed by atoms with E-state index in [2.05, 4.69) is 10.6 Å². The molecule has 1 aromatic rings. The third-order valence-corrected chi connectivity index (χ3v) is 6.28. The topological polar surface area (TPSA) is 131 Å². The quantitative estimate of drug-likeness (QED) is 0.400. The standard InChI is InChI=1S/C27H42N4O5/c1-8-9-12-29-24(33)23(19-11-10-16(2)17(3)13-19)31(21-14-18(21)4)25(34)20(15-22(28)32)30-26(35)36-27(5,6)7/h10-11,13,18,20-21,23H,8-9,12,14-15H2,1-7H3,(H2,28,32)(H,29,33)(H,30,35). The van der Waals surface area contributed by atoms with Gasteiger partial charge in [-0.15, -0.1) is 0 Å². The average Bonchev–Trinajstić information content (AvgIpc) is 3.47. The Morgan fingerprint density at radius 2 is 1.81 bits per heavy atom. The van der Waals surface area contributed by atoms with Crippen LogP contribution in [0.25, 0.3) is 0 Å². The Morgan fingerprint density at radius 1 is 1.17 bits per heavy atom. The molecule has 4 atom stereocenters. The number of benzene rings is 1. The van der Waals surface area contributed by atoms with Crippen LogP contribution in [0, 0.1) is 19.8 Å². The van der Waals surface area contributed by atoms with Gasteiger partial charge in [0.2, 0.25) is 17.7 Å². The average molecular weight is 503 g/mol. The first-order valence-electron chi connectivity index (χ1n) is 12.7. The number of carbonyl (C=O) groups excluding carboxylic acids is 4. The van der Waals surface area contributed by atoms with Crippen LogP contribution in [0.15, 0.2) is 18.2 Å². The van der Waals surface area contributed by atoms with E-state index in [-0.39, 0.29) is 17.9 Å². The second-order valence-electron chi connectivity index (χ2n) is 10.8. The minimum absolute atomic E-state index is 0.169. The van der Waals surface area contributed by atoms with Crippen LogP contribution in [0.4, 0.5) is 4.79 Å². The van der Waals surface area contributed by atoms with Crippen LogP contribution in [0.3, 0.4) is 0 Å². The zero-order chi connectivity index (χ0) is 27.2. The third-order valence-electron chi connectivity index (χ3n) is 6.28. The number of aryl methyl sites for hydroxylation is 2. The smallest absolute Gasteiger partial charge is 0.408 e. The number of nitrogens with two attached hydrogens (primary N) is 1. The molecule has 1 aromatic carbocycles. The number of rotatable bonds is 11. The highest BCUT2D eigenvalue weighted by atomic mass is 16.6. The highest BCUT2D eigenvalue weighted by molar-refractivity contribution is 5.95. The molecule has 9 nitrogen and oxygen atoms in total. The summed E-state index contributed by atoms with van der Waals surface area (Å²) in [5.41, 5.74) is 7.38. The molecule has 1 fully saturated rings. The largest absolute Gasteiger partial charge is 0.444 e. The van der Waals surface area contributed by atoms with Gasteiger partial charge in [0.05, 0.1) is 6.42 Å². The summed E-state index contributed by atoms with van der Waals surface area (Å²) in [6.07, 6.45) is 1.19. The fourth-order valence-corrected chi connectivity index (χ4v) is 4.06. The van der Waals surface area contributed by atoms with Crippen molar-refractivity contribution >= 4 is 23.8 Å². The first kappa shape index (κ1) is 29.1. The number of ether oxygens (including phenoxy) is 1. The van der Waals surface area contributed by atoms with Crippen molar-refractivity contribution in [2.24, 2.45) is 11.7 Å². The van der Waals surface area contributed by atoms with Gasteiger partial charge in [-0.25, -0.2) is 4.79 Å². The van der Waals surface area contributed by atoms with Gasteiger partial charge in [-0.05, 0) is 70.1 Å². The molecule has 4 unspecified atom stereocenters. The van der Waals surface area contributed by atoms with Crippen molar-refractivity contribution in [2.75, 3.05) is 6.54 Å². The second kappa shape index (κ2) is 12.2. The van der Waals surface area contributed by atoms with E-state index in [1.165, 1.54) is 4.90 Å². The lowest BCUT2D eigenvalue weighted by Crippen LogP contribution is -2.55. The molecular weight excluding hydrogens is 460 g/mol. The van der Waals surface area contributed by atoms with Crippen molar-refractivity contribution in [3.05, 3.63) is 34.9 Å². The maximum Gasteiger partial charge on any atom is 0.408 e. The number of alkyl carbamates (subject to hydrolysis) is 1. The lowest BCUT2D eigenvalue weighted by Gasteiger charge is -2.35. The highest BCUT2D eigenvalue weighted by Gasteiger charge is 2.48. The van der Waals surface area contributed by atoms with E-state index >= 15 is 0 Å². The molecule has 200 valence electrons. The summed E-state index contributed by atoms with van der Waals surface area (Å²) in [5.74, 6) is -1.41. The second-order valence-corrected chi connectivity index (χ2v) is 10.8. The van der Waals surface area contributed by atoms with E-state index in [4.69, 9.17) is 10.5 Å². The van der Waals surface area contributed by atoms with Gasteiger partial charge in [0.1, 0.15) is 17.7 Å². The van der Waals surface area contributed by atoms with Gasteiger partial charge in [0.25, 0.3) is 0 Å². The van der Waals surface area contributed by atoms with Crippen molar-refractivity contribution in [2.45, 2.75) is 97.9 Å². The molecule has 2 rings (SSSR count). The maximum absolute atomic E-state index is 14.0. The van der Waals surface area contributed by atoms with Crippen molar-refractivity contribution in [1.82, 2.24) is 15.5 Å². The molecule has 0 saturated heterocycles. The molecule has 0 heterocycles. The van der Waals surface area contributed by atoms with E-state index in [0.717, 1.165) is 24.0 Å². The SMILES string of the molecule is CCCCNC(=O)C(c1ccc(C)c(C)c1)N(C(=O)C(CC(N)=O)NC(=O)OC(C)(C)C)C1CC1C. The van der Waals surface area contributed by atoms with Crippen molar-refractivity contribution in [3.63, 3.8) is 0 Å². The number of amides is 4. The molecule has 4 N–H and O–H groups in total. The normalized spacial score (nSPS) is 18.5. The Bertz CT molecular complexity index is 971. The molecule has 1 aliphatic rings. The van der Waals surface area contributed by atoms with E-state index < -0.39 is 42.0 Å². The highest BCUT2D eigenvalue weighted by Crippen LogP contribution is 2.41. The summed E-state index contributed by atoms with van der Waals surface area (Å²) in [7, 11) is 0. The number of carbonyl (C=O) groups is 4. The van der Waals surface area contributed by atoms with Gasteiger partial charge in [0, 0.05) is 12.6 Å². The van der Waals surface area contributed by atoms with Crippen molar-refractivity contribution in [1.29, 1.82) is 0 Å². The number of nitrogens with zero attached hydrogens (tertiary/aromatic N) is 1. The van der Waals surface area contributed by atoms with Gasteiger partial charge < -0.3 is 26.0 Å². The number of nitrogens with one attached hydrogen (secondary N) is 2. The van der Waals surface area contributed by atoms with Gasteiger partial charge in [-0.1, -0.05) is 38.5 Å². The minimum atomic E-state index is -1.26. The minimum Gasteiger partial charge on any atom is -0.444 e. The maximum atomic E-state index is 14.0. The first-order valence-corrected chi connectivity index (χ1v) is 12.7. The molecule has 0 radical (unpaired) electrons. The molecular formula is C27H42N4O5. The summed E-state index contributed by atoms with van der Waals surface area (Å²) < 4.78 is 5.31. The van der Waals surface area contributed by atoms with Crippen molar-refractivity contribution < 1.29 is 23.9 Å². The summed E-state index contributed by atoms with van der Waals surface area (Å²) in [6, 6.07) is 3.30. The summed E-state index contributed by atoms with van der Waals surface area (Å²) in [6.45, 7) is 13.6. The zero-order valence-electron chi connectivity index (χ0n) is 22.6. The first-order chi connectivity index (χ1) is 16.7. The Labute approximate surface area is 214 Å². The Morgan fingerprint density at radius 3 is 2.31 bits per heavy atom. The molecule has 9 heteroatoms. The predicted molar refractivity (Wildman–Crippen MR) is 138 cm³/mol. The monoisotopic (exact) mass is 502 g/mol. The van der Waals surface area contributed by atoms with Gasteiger partial charge in [-0.3, -0.25) is 14.4 Å². The lowest BCUT2D eigenvalue weighted by molar-refractivity contribution is -0.144. The Balaban J connectivity index is 2.49. The Kier molecular flexibility index (Phi) is 9.90. The molecule has 1 saturated carbocycles. The molecule has 0 aliphatic heterocycles. The number of hydrogen-bond donors (Lipinski definition) is 3. The summed E-state index contributed by atoms with van der Waals surface area (Å²) in [4.78, 5) is 53.4. The van der Waals surface area contributed by atoms with E-state index in [1.807, 2.05) is 45.9 Å². The van der Waals surface area contributed by atoms with Crippen LogP contribution in [0.2, 0.25) is 0 Å². The molecule has 1 aliphatic carbocycles. The predicted octanol–water partition coefficient (Wildman–Crippen LogP) is 3.27. The van der Waals surface area contributed by atoms with Gasteiger partial charge >= 0.3 is 6.09 Å². The fourth-order valence-electron chi connectivity index (χ4n) is 4.06. The van der Waals surface area contributed by atoms with Crippen LogP contribution >= 0.6 is 0 Å². The molecule has 0 aromatic heterocycles. The molecule has 0 bridgehead atoms. The third kappa shape index (κ3) is 8.24. The molecule has 4 amide bonds. The van der Waals surface area contributed by atoms with E-state index in [1.54, 1.807) is 20.8 Å². The lowest BCUT2D eigenvalue weighted by atomic mass is 9.97. The van der Waals surface area contributed by atoms with E-state index in [9.17, 15) is 19.2 Å². The van der Waals surface area contributed by atoms with Crippen LogP contribution in [0.5, 0.6) is 0 Å². The zero-order valence-corrected chi connectivity index (χ0v) is 22.6. The Hall–Kier alpha value is -3.10. The van der Waals surface area contributed by atoms with Gasteiger partial charge in [0.15, 0.2) is 0 Å². The van der Waals surface area contributed by atoms with Crippen molar-refractivity contribution in [3.8, 4) is 0 Å². The molecule has 0 spiro atoms. The summed E-state index contributed by atoms with van der Waals surface area (Å²) in [5, 5.41) is 5.48. The van der Waals surface area contributed by atoms with Gasteiger partial charge in [-0.2, -0.15) is 0 Å². The van der Waals surface area contributed by atoms with Crippen LogP contribution in [-0.2, 0) is 19.1 Å². The number of primary amides is 1. The molecule has 36 heavy (non-hydrogen) atoms. The fraction of sp³-hybridized carbons (Fsp3) is 0.630. The van der Waals surface area contributed by atoms with Crippen LogP contribution in [-0.4, -0.2) is 52.9 Å². The number of hydrogen-bond acceptors (Lipinski definition) is 5. The number of unbranched alkanes of at least 4 members (excludes halogenated alkanes) is 1. The van der Waals surface area contributed by atoms with Crippen LogP contribution in [0.1, 0.15) is 83.0 Å². The van der Waals surface area contributed by atoms with E-state index in [0.29, 0.717) is 18.5 Å². The van der Waals surface area contributed by atoms with Crippen LogP contribution < -0.4 is 16.4 Å².